The summed E-state index contributed by atoms with van der Waals surface area (Å²) in [5, 5.41) is 0.237. The number of alkyl halides is 1. The first-order valence-electron chi connectivity index (χ1n) is 5.28. The van der Waals surface area contributed by atoms with Crippen molar-refractivity contribution in [2.45, 2.75) is 39.0 Å². The lowest BCUT2D eigenvalue weighted by Gasteiger charge is -2.25. The SMILES string of the molecule is CC(C)(C)C(Cl)CCc1ccc(Br)cc1. The van der Waals surface area contributed by atoms with Crippen LogP contribution in [0.3, 0.4) is 0 Å². The minimum atomic E-state index is 0.191. The van der Waals surface area contributed by atoms with Crippen LogP contribution in [0.5, 0.6) is 0 Å². The Morgan fingerprint density at radius 2 is 1.73 bits per heavy atom. The monoisotopic (exact) mass is 288 g/mol. The van der Waals surface area contributed by atoms with E-state index in [0.29, 0.717) is 0 Å². The average Bonchev–Trinajstić information content (AvgIpc) is 2.15. The predicted octanol–water partition coefficient (Wildman–Crippen LogP) is 5.04. The molecule has 0 aliphatic heterocycles. The van der Waals surface area contributed by atoms with Crippen molar-refractivity contribution in [3.63, 3.8) is 0 Å². The molecule has 0 aromatic heterocycles. The lowest BCUT2D eigenvalue weighted by molar-refractivity contribution is 0.374. The van der Waals surface area contributed by atoms with Crippen molar-refractivity contribution in [3.8, 4) is 0 Å². The molecule has 0 spiro atoms. The molecule has 0 aliphatic carbocycles. The van der Waals surface area contributed by atoms with Gasteiger partial charge in [0.15, 0.2) is 0 Å². The molecule has 1 unspecified atom stereocenters. The van der Waals surface area contributed by atoms with E-state index >= 15 is 0 Å². The Morgan fingerprint density at radius 1 is 1.20 bits per heavy atom. The molecule has 84 valence electrons. The van der Waals surface area contributed by atoms with Crippen molar-refractivity contribution in [3.05, 3.63) is 34.3 Å². The zero-order valence-electron chi connectivity index (χ0n) is 9.56. The van der Waals surface area contributed by atoms with Crippen molar-refractivity contribution in [1.82, 2.24) is 0 Å². The van der Waals surface area contributed by atoms with Crippen LogP contribution in [-0.4, -0.2) is 5.38 Å². The summed E-state index contributed by atoms with van der Waals surface area (Å²) in [6.07, 6.45) is 2.09. The van der Waals surface area contributed by atoms with Crippen LogP contribution in [0.2, 0.25) is 0 Å². The van der Waals surface area contributed by atoms with E-state index < -0.39 is 0 Å². The minimum Gasteiger partial charge on any atom is -0.122 e. The fraction of sp³-hybridized carbons (Fsp3) is 0.538. The fourth-order valence-electron chi connectivity index (χ4n) is 1.38. The van der Waals surface area contributed by atoms with Crippen LogP contribution in [0.4, 0.5) is 0 Å². The smallest absolute Gasteiger partial charge is 0.0387 e. The summed E-state index contributed by atoms with van der Waals surface area (Å²) in [6.45, 7) is 6.56. The molecule has 2 heteroatoms. The summed E-state index contributed by atoms with van der Waals surface area (Å²) < 4.78 is 1.13. The summed E-state index contributed by atoms with van der Waals surface area (Å²) in [5.41, 5.74) is 1.55. The molecule has 1 rings (SSSR count). The maximum Gasteiger partial charge on any atom is 0.0387 e. The van der Waals surface area contributed by atoms with Gasteiger partial charge in [0.25, 0.3) is 0 Å². The quantitative estimate of drug-likeness (QED) is 0.684. The molecule has 1 aromatic carbocycles. The molecule has 0 N–H and O–H groups in total. The lowest BCUT2D eigenvalue weighted by atomic mass is 9.88. The van der Waals surface area contributed by atoms with Crippen LogP contribution in [-0.2, 0) is 6.42 Å². The molecule has 0 radical (unpaired) electrons. The number of rotatable bonds is 3. The molecule has 0 saturated carbocycles. The Hall–Kier alpha value is -0.0100. The van der Waals surface area contributed by atoms with Gasteiger partial charge in [-0.2, -0.15) is 0 Å². The van der Waals surface area contributed by atoms with Gasteiger partial charge in [0.1, 0.15) is 0 Å². The van der Waals surface area contributed by atoms with E-state index in [1.165, 1.54) is 5.56 Å². The number of hydrogen-bond acceptors (Lipinski definition) is 0. The third-order valence-corrected chi connectivity index (χ3v) is 3.94. The third-order valence-electron chi connectivity index (χ3n) is 2.54. The topological polar surface area (TPSA) is 0 Å². The maximum absolute atomic E-state index is 6.33. The van der Waals surface area contributed by atoms with Gasteiger partial charge in [-0.05, 0) is 36.0 Å². The Bertz CT molecular complexity index is 297. The van der Waals surface area contributed by atoms with E-state index in [2.05, 4.69) is 61.0 Å². The summed E-state index contributed by atoms with van der Waals surface area (Å²) in [7, 11) is 0. The first-order chi connectivity index (χ1) is 6.89. The van der Waals surface area contributed by atoms with Crippen LogP contribution in [0.25, 0.3) is 0 Å². The first kappa shape index (κ1) is 13.1. The van der Waals surface area contributed by atoms with E-state index in [1.54, 1.807) is 0 Å². The summed E-state index contributed by atoms with van der Waals surface area (Å²) in [6, 6.07) is 8.46. The van der Waals surface area contributed by atoms with Crippen molar-refractivity contribution in [1.29, 1.82) is 0 Å². The molecular weight excluding hydrogens is 272 g/mol. The van der Waals surface area contributed by atoms with E-state index in [9.17, 15) is 0 Å². The second kappa shape index (κ2) is 5.36. The molecule has 0 fully saturated rings. The van der Waals surface area contributed by atoms with Crippen molar-refractivity contribution in [2.75, 3.05) is 0 Å². The van der Waals surface area contributed by atoms with Crippen LogP contribution in [0.15, 0.2) is 28.7 Å². The maximum atomic E-state index is 6.33. The number of aryl methyl sites for hydroxylation is 1. The summed E-state index contributed by atoms with van der Waals surface area (Å²) in [4.78, 5) is 0. The largest absolute Gasteiger partial charge is 0.122 e. The molecule has 0 saturated heterocycles. The van der Waals surface area contributed by atoms with Crippen LogP contribution >= 0.6 is 27.5 Å². The van der Waals surface area contributed by atoms with Gasteiger partial charge in [-0.25, -0.2) is 0 Å². The average molecular weight is 290 g/mol. The number of benzene rings is 1. The molecule has 15 heavy (non-hydrogen) atoms. The summed E-state index contributed by atoms with van der Waals surface area (Å²) in [5.74, 6) is 0. The van der Waals surface area contributed by atoms with Gasteiger partial charge in [-0.3, -0.25) is 0 Å². The highest BCUT2D eigenvalue weighted by atomic mass is 79.9. The molecule has 1 atom stereocenters. The number of halogens is 2. The van der Waals surface area contributed by atoms with Gasteiger partial charge in [-0.1, -0.05) is 48.8 Å². The zero-order valence-corrected chi connectivity index (χ0v) is 11.9. The highest BCUT2D eigenvalue weighted by Gasteiger charge is 2.21. The molecule has 0 heterocycles. The van der Waals surface area contributed by atoms with Crippen LogP contribution in [0, 0.1) is 5.41 Å². The molecule has 1 aromatic rings. The number of hydrogen-bond donors (Lipinski definition) is 0. The minimum absolute atomic E-state index is 0.191. The van der Waals surface area contributed by atoms with Crippen molar-refractivity contribution in [2.24, 2.45) is 5.41 Å². The second-order valence-electron chi connectivity index (χ2n) is 5.00. The van der Waals surface area contributed by atoms with Gasteiger partial charge >= 0.3 is 0 Å². The Balaban J connectivity index is 2.47. The van der Waals surface area contributed by atoms with Crippen LogP contribution < -0.4 is 0 Å². The molecule has 0 aliphatic rings. The van der Waals surface area contributed by atoms with E-state index in [0.717, 1.165) is 17.3 Å². The lowest BCUT2D eigenvalue weighted by Crippen LogP contribution is -2.21. The second-order valence-corrected chi connectivity index (χ2v) is 6.44. The van der Waals surface area contributed by atoms with Gasteiger partial charge in [0.05, 0.1) is 0 Å². The molecule has 0 amide bonds. The Labute approximate surface area is 106 Å². The predicted molar refractivity (Wildman–Crippen MR) is 71.6 cm³/mol. The highest BCUT2D eigenvalue weighted by molar-refractivity contribution is 9.10. The van der Waals surface area contributed by atoms with Gasteiger partial charge in [-0.15, -0.1) is 11.6 Å². The normalized spacial score (nSPS) is 13.9. The molecular formula is C13H18BrCl. The Kier molecular flexibility index (Phi) is 4.66. The Morgan fingerprint density at radius 3 is 2.20 bits per heavy atom. The fourth-order valence-corrected chi connectivity index (χ4v) is 1.75. The van der Waals surface area contributed by atoms with Crippen molar-refractivity contribution >= 4 is 27.5 Å². The van der Waals surface area contributed by atoms with Crippen LogP contribution in [0.1, 0.15) is 32.8 Å². The van der Waals surface area contributed by atoms with Gasteiger partial charge in [0.2, 0.25) is 0 Å². The standard InChI is InChI=1S/C13H18BrCl/c1-13(2,3)12(15)9-6-10-4-7-11(14)8-5-10/h4-5,7-8,12H,6,9H2,1-3H3. The van der Waals surface area contributed by atoms with Gasteiger partial charge < -0.3 is 0 Å². The van der Waals surface area contributed by atoms with E-state index in [1.807, 2.05) is 0 Å². The highest BCUT2D eigenvalue weighted by Crippen LogP contribution is 2.28. The van der Waals surface area contributed by atoms with E-state index in [4.69, 9.17) is 11.6 Å². The van der Waals surface area contributed by atoms with E-state index in [-0.39, 0.29) is 10.8 Å². The third kappa shape index (κ3) is 4.56. The zero-order chi connectivity index (χ0) is 11.5. The van der Waals surface area contributed by atoms with Crippen molar-refractivity contribution < 1.29 is 0 Å². The molecule has 0 nitrogen and oxygen atoms in total. The molecule has 0 bridgehead atoms. The first-order valence-corrected chi connectivity index (χ1v) is 6.51. The summed E-state index contributed by atoms with van der Waals surface area (Å²) >= 11 is 9.76. The van der Waals surface area contributed by atoms with Gasteiger partial charge in [0, 0.05) is 9.85 Å².